The number of fused-ring (bicyclic) bond motifs is 1. The zero-order valence-corrected chi connectivity index (χ0v) is 17.2. The van der Waals surface area contributed by atoms with Gasteiger partial charge in [0.05, 0.1) is 44.8 Å². The Morgan fingerprint density at radius 3 is 2.80 bits per heavy atom. The van der Waals surface area contributed by atoms with Crippen LogP contribution < -0.4 is 15.4 Å². The highest BCUT2D eigenvalue weighted by Gasteiger charge is 2.17. The fraction of sp³-hybridized carbons (Fsp3) is 0.0952. The summed E-state index contributed by atoms with van der Waals surface area (Å²) in [5.74, 6) is -0.807. The van der Waals surface area contributed by atoms with E-state index in [1.165, 1.54) is 18.3 Å². The lowest BCUT2D eigenvalue weighted by Crippen LogP contribution is -2.09. The second-order valence-corrected chi connectivity index (χ2v) is 6.78. The Hall–Kier alpha value is -3.34. The molecule has 3 rings (SSSR count). The first kappa shape index (κ1) is 21.4. The van der Waals surface area contributed by atoms with E-state index in [-0.39, 0.29) is 27.0 Å². The summed E-state index contributed by atoms with van der Waals surface area (Å²) < 4.78 is 20.2. The number of carbonyl (C=O) groups is 1. The van der Waals surface area contributed by atoms with Gasteiger partial charge in [-0.1, -0.05) is 29.8 Å². The highest BCUT2D eigenvalue weighted by molar-refractivity contribution is 6.42. The smallest absolute Gasteiger partial charge is 0.247 e. The highest BCUT2D eigenvalue weighted by Crippen LogP contribution is 2.38. The summed E-state index contributed by atoms with van der Waals surface area (Å²) >= 11 is 11.7. The van der Waals surface area contributed by atoms with Gasteiger partial charge in [-0.15, -0.1) is 0 Å². The van der Waals surface area contributed by atoms with Gasteiger partial charge in [0, 0.05) is 17.6 Å². The van der Waals surface area contributed by atoms with Crippen LogP contribution >= 0.6 is 23.2 Å². The second kappa shape index (κ2) is 8.99. The number of carbonyl (C=O) groups excluding carboxylic acids is 1. The first-order valence-electron chi connectivity index (χ1n) is 8.73. The summed E-state index contributed by atoms with van der Waals surface area (Å²) in [5, 5.41) is 15.4. The predicted octanol–water partition coefficient (Wildman–Crippen LogP) is 5.82. The fourth-order valence-corrected chi connectivity index (χ4v) is 3.06. The number of nitriles is 1. The molecule has 152 valence electrons. The summed E-state index contributed by atoms with van der Waals surface area (Å²) in [6.07, 6.45) is 2.48. The predicted molar refractivity (Wildman–Crippen MR) is 116 cm³/mol. The van der Waals surface area contributed by atoms with Crippen molar-refractivity contribution >= 4 is 57.1 Å². The fourth-order valence-electron chi connectivity index (χ4n) is 2.75. The van der Waals surface area contributed by atoms with E-state index in [9.17, 15) is 14.4 Å². The Morgan fingerprint density at radius 1 is 1.37 bits per heavy atom. The van der Waals surface area contributed by atoms with Gasteiger partial charge in [-0.05, 0) is 31.2 Å². The van der Waals surface area contributed by atoms with Crippen molar-refractivity contribution in [2.24, 2.45) is 0 Å². The third-order valence-electron chi connectivity index (χ3n) is 4.13. The van der Waals surface area contributed by atoms with Crippen molar-refractivity contribution in [3.05, 3.63) is 64.5 Å². The molecular formula is C21H15Cl2FN4O2. The maximum atomic E-state index is 14.6. The van der Waals surface area contributed by atoms with Crippen molar-refractivity contribution in [1.29, 1.82) is 5.26 Å². The van der Waals surface area contributed by atoms with E-state index in [0.29, 0.717) is 28.9 Å². The number of hydrogen-bond donors (Lipinski definition) is 2. The molecular weight excluding hydrogens is 430 g/mol. The molecule has 9 heteroatoms. The van der Waals surface area contributed by atoms with Gasteiger partial charge >= 0.3 is 0 Å². The van der Waals surface area contributed by atoms with E-state index in [1.54, 1.807) is 19.1 Å². The van der Waals surface area contributed by atoms with Crippen molar-refractivity contribution in [2.45, 2.75) is 6.92 Å². The van der Waals surface area contributed by atoms with Crippen molar-refractivity contribution in [3.8, 4) is 11.8 Å². The van der Waals surface area contributed by atoms with Crippen molar-refractivity contribution < 1.29 is 13.9 Å². The topological polar surface area (TPSA) is 87.0 Å². The van der Waals surface area contributed by atoms with Crippen molar-refractivity contribution in [1.82, 2.24) is 4.98 Å². The Bertz CT molecular complexity index is 1210. The van der Waals surface area contributed by atoms with E-state index in [1.807, 2.05) is 6.07 Å². The number of halogens is 3. The van der Waals surface area contributed by atoms with Gasteiger partial charge in [0.2, 0.25) is 5.91 Å². The van der Waals surface area contributed by atoms with E-state index in [2.05, 4.69) is 22.2 Å². The van der Waals surface area contributed by atoms with Crippen LogP contribution in [0, 0.1) is 17.1 Å². The van der Waals surface area contributed by atoms with E-state index in [0.717, 1.165) is 6.08 Å². The molecule has 3 aromatic rings. The zero-order valence-electron chi connectivity index (χ0n) is 15.7. The average molecular weight is 445 g/mol. The molecule has 0 bridgehead atoms. The first-order valence-corrected chi connectivity index (χ1v) is 9.48. The number of nitrogens with one attached hydrogen (secondary N) is 2. The van der Waals surface area contributed by atoms with Crippen LogP contribution in [-0.4, -0.2) is 17.5 Å². The minimum atomic E-state index is -0.760. The van der Waals surface area contributed by atoms with Gasteiger partial charge in [-0.25, -0.2) is 4.39 Å². The molecule has 2 aromatic carbocycles. The van der Waals surface area contributed by atoms with Crippen LogP contribution in [0.15, 0.2) is 43.1 Å². The van der Waals surface area contributed by atoms with Gasteiger partial charge in [0.25, 0.3) is 0 Å². The number of pyridine rings is 1. The molecule has 6 nitrogen and oxygen atoms in total. The van der Waals surface area contributed by atoms with Crippen LogP contribution in [0.25, 0.3) is 10.9 Å². The molecule has 0 aliphatic heterocycles. The Labute approximate surface area is 181 Å². The number of rotatable bonds is 6. The van der Waals surface area contributed by atoms with Crippen molar-refractivity contribution in [3.63, 3.8) is 0 Å². The molecule has 0 aliphatic rings. The molecule has 0 radical (unpaired) electrons. The first-order chi connectivity index (χ1) is 14.4. The maximum absolute atomic E-state index is 14.6. The molecule has 0 atom stereocenters. The van der Waals surface area contributed by atoms with Gasteiger partial charge in [-0.2, -0.15) is 5.26 Å². The molecule has 1 amide bonds. The Morgan fingerprint density at radius 2 is 2.13 bits per heavy atom. The van der Waals surface area contributed by atoms with Crippen LogP contribution in [0.5, 0.6) is 5.75 Å². The maximum Gasteiger partial charge on any atom is 0.247 e. The lowest BCUT2D eigenvalue weighted by molar-refractivity contribution is -0.111. The molecule has 1 heterocycles. The molecule has 0 unspecified atom stereocenters. The summed E-state index contributed by atoms with van der Waals surface area (Å²) in [6, 6.07) is 8.08. The van der Waals surface area contributed by atoms with Crippen LogP contribution in [0.2, 0.25) is 10.0 Å². The second-order valence-electron chi connectivity index (χ2n) is 6.00. The van der Waals surface area contributed by atoms with Gasteiger partial charge in [-0.3, -0.25) is 9.78 Å². The summed E-state index contributed by atoms with van der Waals surface area (Å²) in [5.41, 5.74) is 1.30. The van der Waals surface area contributed by atoms with Crippen LogP contribution in [0.1, 0.15) is 12.5 Å². The SMILES string of the molecule is C=CC(=O)Nc1cc2c(Nc3ccc(Cl)c(Cl)c3F)c(C#N)cnc2cc1OCC. The largest absolute Gasteiger partial charge is 0.492 e. The quantitative estimate of drug-likeness (QED) is 0.369. The van der Waals surface area contributed by atoms with Gasteiger partial charge < -0.3 is 15.4 Å². The number of anilines is 3. The minimum absolute atomic E-state index is 0.0268. The molecule has 30 heavy (non-hydrogen) atoms. The summed E-state index contributed by atoms with van der Waals surface area (Å²) in [6.45, 7) is 5.60. The number of hydrogen-bond acceptors (Lipinski definition) is 5. The summed E-state index contributed by atoms with van der Waals surface area (Å²) in [7, 11) is 0. The van der Waals surface area contributed by atoms with Gasteiger partial charge in [0.1, 0.15) is 11.8 Å². The highest BCUT2D eigenvalue weighted by atomic mass is 35.5. The van der Waals surface area contributed by atoms with E-state index >= 15 is 0 Å². The number of aromatic nitrogens is 1. The molecule has 2 N–H and O–H groups in total. The standard InChI is InChI=1S/C21H15Cl2FN4O2/c1-3-18(29)27-16-7-12-15(8-17(16)30-4-2)26-10-11(9-25)21(12)28-14-6-5-13(22)19(23)20(14)24/h3,5-8,10H,1,4H2,2H3,(H,26,28)(H,27,29). The molecule has 0 spiro atoms. The molecule has 0 saturated heterocycles. The van der Waals surface area contributed by atoms with E-state index in [4.69, 9.17) is 27.9 Å². The number of ether oxygens (including phenoxy) is 1. The number of amides is 1. The minimum Gasteiger partial charge on any atom is -0.492 e. The zero-order chi connectivity index (χ0) is 21.8. The third kappa shape index (κ3) is 4.15. The molecule has 0 fully saturated rings. The van der Waals surface area contributed by atoms with Crippen LogP contribution in [-0.2, 0) is 4.79 Å². The van der Waals surface area contributed by atoms with Crippen molar-refractivity contribution in [2.75, 3.05) is 17.2 Å². The number of nitrogens with zero attached hydrogens (tertiary/aromatic N) is 2. The Balaban J connectivity index is 2.22. The van der Waals surface area contributed by atoms with Crippen LogP contribution in [0.4, 0.5) is 21.5 Å². The third-order valence-corrected chi connectivity index (χ3v) is 4.91. The monoisotopic (exact) mass is 444 g/mol. The van der Waals surface area contributed by atoms with E-state index < -0.39 is 11.7 Å². The average Bonchev–Trinajstić information content (AvgIpc) is 2.74. The summed E-state index contributed by atoms with van der Waals surface area (Å²) in [4.78, 5) is 16.1. The van der Waals surface area contributed by atoms with Crippen LogP contribution in [0.3, 0.4) is 0 Å². The Kier molecular flexibility index (Phi) is 6.40. The van der Waals surface area contributed by atoms with Gasteiger partial charge in [0.15, 0.2) is 5.82 Å². The lowest BCUT2D eigenvalue weighted by Gasteiger charge is -2.16. The molecule has 1 aromatic heterocycles. The lowest BCUT2D eigenvalue weighted by atomic mass is 10.1. The molecule has 0 aliphatic carbocycles. The normalized spacial score (nSPS) is 10.4. The molecule has 0 saturated carbocycles. The number of benzene rings is 2.